The highest BCUT2D eigenvalue weighted by Gasteiger charge is 2.36. The first-order chi connectivity index (χ1) is 14.1. The molecule has 1 aromatic carbocycles. The maximum atomic E-state index is 12.7. The monoisotopic (exact) mass is 412 g/mol. The van der Waals surface area contributed by atoms with Crippen molar-refractivity contribution >= 4 is 12.0 Å². The molecule has 1 aromatic heterocycles. The number of ether oxygens (including phenoxy) is 1. The number of hydrogen-bond acceptors (Lipinski definition) is 4. The van der Waals surface area contributed by atoms with E-state index in [2.05, 4.69) is 28.6 Å². The molecule has 0 saturated carbocycles. The van der Waals surface area contributed by atoms with Crippen LogP contribution in [-0.4, -0.2) is 44.9 Å². The number of likely N-dealkylation sites (tertiary alicyclic amines) is 1. The van der Waals surface area contributed by atoms with Gasteiger partial charge in [0, 0.05) is 18.8 Å². The molecule has 7 heteroatoms. The van der Waals surface area contributed by atoms with E-state index in [0.29, 0.717) is 26.1 Å². The maximum absolute atomic E-state index is 12.7. The number of rotatable bonds is 5. The van der Waals surface area contributed by atoms with Gasteiger partial charge in [0.2, 0.25) is 5.91 Å². The van der Waals surface area contributed by atoms with Crippen LogP contribution in [-0.2, 0) is 22.6 Å². The molecule has 2 heterocycles. The Bertz CT molecular complexity index is 913. The first-order valence-electron chi connectivity index (χ1n) is 10.5. The van der Waals surface area contributed by atoms with Crippen molar-refractivity contribution < 1.29 is 14.3 Å². The fraction of sp³-hybridized carbons (Fsp3) is 0.522. The van der Waals surface area contributed by atoms with Crippen LogP contribution in [0.3, 0.4) is 0 Å². The molecule has 2 aromatic rings. The van der Waals surface area contributed by atoms with Crippen molar-refractivity contribution in [2.75, 3.05) is 6.54 Å². The summed E-state index contributed by atoms with van der Waals surface area (Å²) in [6.45, 7) is 11.2. The third-order valence-corrected chi connectivity index (χ3v) is 5.08. The van der Waals surface area contributed by atoms with Gasteiger partial charge in [0.15, 0.2) is 0 Å². The molecule has 162 valence electrons. The summed E-state index contributed by atoms with van der Waals surface area (Å²) >= 11 is 0. The Morgan fingerprint density at radius 1 is 1.20 bits per heavy atom. The second kappa shape index (κ2) is 8.90. The van der Waals surface area contributed by atoms with E-state index in [9.17, 15) is 9.59 Å². The summed E-state index contributed by atoms with van der Waals surface area (Å²) in [5.74, 6) is -0.137. The SMILES string of the molecule is Cc1cc(C)n(Cc2cccc(CNC(=O)[C@@H]3CCCN3C(=O)OC(C)(C)C)c2)n1. The van der Waals surface area contributed by atoms with E-state index < -0.39 is 17.7 Å². The smallest absolute Gasteiger partial charge is 0.410 e. The molecule has 0 unspecified atom stereocenters. The van der Waals surface area contributed by atoms with Crippen LogP contribution in [0.4, 0.5) is 4.79 Å². The number of nitrogens with one attached hydrogen (secondary N) is 1. The van der Waals surface area contributed by atoms with Gasteiger partial charge in [-0.15, -0.1) is 0 Å². The highest BCUT2D eigenvalue weighted by Crippen LogP contribution is 2.21. The van der Waals surface area contributed by atoms with Crippen LogP contribution < -0.4 is 5.32 Å². The van der Waals surface area contributed by atoms with E-state index in [-0.39, 0.29) is 5.91 Å². The van der Waals surface area contributed by atoms with Gasteiger partial charge in [0.1, 0.15) is 11.6 Å². The van der Waals surface area contributed by atoms with Gasteiger partial charge in [-0.2, -0.15) is 5.10 Å². The van der Waals surface area contributed by atoms with Crippen LogP contribution in [0, 0.1) is 13.8 Å². The molecule has 0 radical (unpaired) electrons. The van der Waals surface area contributed by atoms with Crippen molar-refractivity contribution in [2.45, 2.75) is 72.2 Å². The van der Waals surface area contributed by atoms with E-state index in [0.717, 1.165) is 28.9 Å². The van der Waals surface area contributed by atoms with Crippen LogP contribution in [0.1, 0.15) is 56.1 Å². The van der Waals surface area contributed by atoms with E-state index >= 15 is 0 Å². The molecule has 0 spiro atoms. The van der Waals surface area contributed by atoms with Crippen molar-refractivity contribution in [3.05, 3.63) is 52.8 Å². The van der Waals surface area contributed by atoms with E-state index in [1.807, 2.05) is 51.4 Å². The summed E-state index contributed by atoms with van der Waals surface area (Å²) in [6.07, 6.45) is 1.03. The Labute approximate surface area is 178 Å². The summed E-state index contributed by atoms with van der Waals surface area (Å²) in [4.78, 5) is 26.7. The van der Waals surface area contributed by atoms with Gasteiger partial charge in [0.25, 0.3) is 0 Å². The highest BCUT2D eigenvalue weighted by molar-refractivity contribution is 5.86. The molecule has 7 nitrogen and oxygen atoms in total. The Kier molecular flexibility index (Phi) is 6.48. The average Bonchev–Trinajstić information content (AvgIpc) is 3.25. The second-order valence-electron chi connectivity index (χ2n) is 8.95. The molecule has 0 bridgehead atoms. The molecular formula is C23H32N4O3. The lowest BCUT2D eigenvalue weighted by Gasteiger charge is -2.28. The summed E-state index contributed by atoms with van der Waals surface area (Å²) in [5, 5.41) is 7.49. The molecular weight excluding hydrogens is 380 g/mol. The first-order valence-corrected chi connectivity index (χ1v) is 10.5. The van der Waals surface area contributed by atoms with Crippen LogP contribution in [0.2, 0.25) is 0 Å². The average molecular weight is 413 g/mol. The third-order valence-electron chi connectivity index (χ3n) is 5.08. The summed E-state index contributed by atoms with van der Waals surface area (Å²) in [5.41, 5.74) is 3.69. The molecule has 3 rings (SSSR count). The van der Waals surface area contributed by atoms with Crippen molar-refractivity contribution in [1.82, 2.24) is 20.0 Å². The highest BCUT2D eigenvalue weighted by atomic mass is 16.6. The second-order valence-corrected chi connectivity index (χ2v) is 8.95. The fourth-order valence-corrected chi connectivity index (χ4v) is 3.73. The van der Waals surface area contributed by atoms with E-state index in [1.54, 1.807) is 4.90 Å². The van der Waals surface area contributed by atoms with Gasteiger partial charge in [-0.25, -0.2) is 4.79 Å². The van der Waals surface area contributed by atoms with Gasteiger partial charge in [-0.3, -0.25) is 14.4 Å². The van der Waals surface area contributed by atoms with Crippen molar-refractivity contribution in [2.24, 2.45) is 0 Å². The normalized spacial score (nSPS) is 16.6. The number of amides is 2. The van der Waals surface area contributed by atoms with Gasteiger partial charge < -0.3 is 10.1 Å². The molecule has 1 aliphatic rings. The Hall–Kier alpha value is -2.83. The van der Waals surface area contributed by atoms with Crippen LogP contribution in [0.25, 0.3) is 0 Å². The molecule has 1 saturated heterocycles. The summed E-state index contributed by atoms with van der Waals surface area (Å²) in [7, 11) is 0. The minimum atomic E-state index is -0.577. The molecule has 1 N–H and O–H groups in total. The third kappa shape index (κ3) is 5.62. The number of aromatic nitrogens is 2. The zero-order valence-corrected chi connectivity index (χ0v) is 18.6. The number of carbonyl (C=O) groups is 2. The van der Waals surface area contributed by atoms with Gasteiger partial charge in [-0.05, 0) is 64.7 Å². The predicted octanol–water partition coefficient (Wildman–Crippen LogP) is 3.56. The largest absolute Gasteiger partial charge is 0.444 e. The van der Waals surface area contributed by atoms with Crippen LogP contribution in [0.15, 0.2) is 30.3 Å². The molecule has 1 aliphatic heterocycles. The van der Waals surface area contributed by atoms with E-state index in [1.165, 1.54) is 0 Å². The molecule has 0 aliphatic carbocycles. The summed E-state index contributed by atoms with van der Waals surface area (Å²) in [6, 6.07) is 9.70. The lowest BCUT2D eigenvalue weighted by molar-refractivity contribution is -0.125. The molecule has 30 heavy (non-hydrogen) atoms. The lowest BCUT2D eigenvalue weighted by atomic mass is 10.1. The zero-order chi connectivity index (χ0) is 21.9. The number of carbonyl (C=O) groups excluding carboxylic acids is 2. The first kappa shape index (κ1) is 21.9. The number of nitrogens with zero attached hydrogens (tertiary/aromatic N) is 3. The molecule has 1 atom stereocenters. The fourth-order valence-electron chi connectivity index (χ4n) is 3.73. The number of hydrogen-bond donors (Lipinski definition) is 1. The van der Waals surface area contributed by atoms with Gasteiger partial charge in [0.05, 0.1) is 12.2 Å². The molecule has 1 fully saturated rings. The standard InChI is InChI=1S/C23H32N4O3/c1-16-12-17(2)27(25-16)15-19-9-6-8-18(13-19)14-24-21(28)20-10-7-11-26(20)22(29)30-23(3,4)5/h6,8-9,12-13,20H,7,10-11,14-15H2,1-5H3,(H,24,28)/t20-/m0/s1. The Morgan fingerprint density at radius 2 is 1.93 bits per heavy atom. The lowest BCUT2D eigenvalue weighted by Crippen LogP contribution is -2.47. The van der Waals surface area contributed by atoms with Crippen molar-refractivity contribution in [3.63, 3.8) is 0 Å². The number of aryl methyl sites for hydroxylation is 2. The predicted molar refractivity (Wildman–Crippen MR) is 115 cm³/mol. The van der Waals surface area contributed by atoms with Gasteiger partial charge >= 0.3 is 6.09 Å². The quantitative estimate of drug-likeness (QED) is 0.815. The zero-order valence-electron chi connectivity index (χ0n) is 18.6. The minimum Gasteiger partial charge on any atom is -0.444 e. The number of benzene rings is 1. The van der Waals surface area contributed by atoms with Gasteiger partial charge in [-0.1, -0.05) is 24.3 Å². The Balaban J connectivity index is 1.59. The van der Waals surface area contributed by atoms with Crippen molar-refractivity contribution in [3.8, 4) is 0 Å². The molecule has 2 amide bonds. The van der Waals surface area contributed by atoms with E-state index in [4.69, 9.17) is 4.74 Å². The maximum Gasteiger partial charge on any atom is 0.410 e. The van der Waals surface area contributed by atoms with Crippen LogP contribution in [0.5, 0.6) is 0 Å². The minimum absolute atomic E-state index is 0.137. The summed E-state index contributed by atoms with van der Waals surface area (Å²) < 4.78 is 7.42. The van der Waals surface area contributed by atoms with Crippen LogP contribution >= 0.6 is 0 Å². The Morgan fingerprint density at radius 3 is 2.60 bits per heavy atom. The van der Waals surface area contributed by atoms with Crippen molar-refractivity contribution in [1.29, 1.82) is 0 Å². The topological polar surface area (TPSA) is 76.5 Å².